The number of hydrogen-bond acceptors (Lipinski definition) is 8. The highest BCUT2D eigenvalue weighted by Gasteiger charge is 2.68. The van der Waals surface area contributed by atoms with E-state index >= 15 is 0 Å². The number of rotatable bonds is 7. The summed E-state index contributed by atoms with van der Waals surface area (Å²) in [4.78, 5) is 70.9. The SMILES string of the molecule is CC12C(=O)N(c3ccccc3)C(=O)C1CC1C(=CCC3C(=O)N(c4ccc(C(=O)O)c(O)c4)C(=O)C31)C2c1ccc(OCc2ccccc2)cc1O. The number of ether oxygens (including phenoxy) is 1. The van der Waals surface area contributed by atoms with Crippen LogP contribution in [0.1, 0.15) is 47.2 Å². The summed E-state index contributed by atoms with van der Waals surface area (Å²) < 4.78 is 5.97. The molecular formula is C41H34N2O9. The van der Waals surface area contributed by atoms with Crippen molar-refractivity contribution >= 4 is 41.0 Å². The first kappa shape index (κ1) is 32.9. The van der Waals surface area contributed by atoms with Crippen LogP contribution in [0.15, 0.2) is 109 Å². The van der Waals surface area contributed by atoms with Crippen molar-refractivity contribution in [2.24, 2.45) is 29.1 Å². The Balaban J connectivity index is 1.21. The Morgan fingerprint density at radius 3 is 2.17 bits per heavy atom. The third-order valence-corrected chi connectivity index (χ3v) is 11.3. The van der Waals surface area contributed by atoms with Crippen molar-refractivity contribution in [3.05, 3.63) is 125 Å². The van der Waals surface area contributed by atoms with Crippen molar-refractivity contribution < 1.29 is 44.0 Å². The summed E-state index contributed by atoms with van der Waals surface area (Å²) in [5.74, 6) is -7.62. The van der Waals surface area contributed by atoms with Crippen LogP contribution >= 0.6 is 0 Å². The number of carboxylic acid groups (broad SMARTS) is 1. The fraction of sp³-hybridized carbons (Fsp3) is 0.244. The first-order valence-corrected chi connectivity index (χ1v) is 17.1. The van der Waals surface area contributed by atoms with Gasteiger partial charge in [0.15, 0.2) is 0 Å². The Labute approximate surface area is 298 Å². The van der Waals surface area contributed by atoms with Crippen LogP contribution in [0.4, 0.5) is 11.4 Å². The van der Waals surface area contributed by atoms with E-state index in [0.717, 1.165) is 22.6 Å². The van der Waals surface area contributed by atoms with Gasteiger partial charge in [-0.05, 0) is 61.6 Å². The number of carbonyl (C=O) groups is 5. The molecule has 6 unspecified atom stereocenters. The van der Waals surface area contributed by atoms with Gasteiger partial charge in [0.2, 0.25) is 23.6 Å². The van der Waals surface area contributed by atoms with Crippen molar-refractivity contribution in [1.82, 2.24) is 0 Å². The smallest absolute Gasteiger partial charge is 0.339 e. The molecule has 2 aliphatic heterocycles. The number of anilines is 2. The summed E-state index contributed by atoms with van der Waals surface area (Å²) in [6.45, 7) is 2.01. The van der Waals surface area contributed by atoms with Crippen LogP contribution in [0, 0.1) is 29.1 Å². The molecule has 4 amide bonds. The quantitative estimate of drug-likeness (QED) is 0.160. The zero-order valence-corrected chi connectivity index (χ0v) is 28.0. The first-order chi connectivity index (χ1) is 25.0. The second kappa shape index (κ2) is 12.2. The maximum atomic E-state index is 14.6. The Bertz CT molecular complexity index is 2200. The molecule has 0 aromatic heterocycles. The number of para-hydroxylation sites is 1. The van der Waals surface area contributed by atoms with Crippen LogP contribution in [0.25, 0.3) is 0 Å². The number of amides is 4. The lowest BCUT2D eigenvalue weighted by molar-refractivity contribution is -0.131. The van der Waals surface area contributed by atoms with E-state index in [-0.39, 0.29) is 36.4 Å². The third-order valence-electron chi connectivity index (χ3n) is 11.3. The molecule has 4 aromatic rings. The van der Waals surface area contributed by atoms with Crippen LogP contribution in [-0.2, 0) is 25.8 Å². The molecule has 0 radical (unpaired) electrons. The Hall–Kier alpha value is -6.23. The van der Waals surface area contributed by atoms with Crippen LogP contribution in [-0.4, -0.2) is 44.9 Å². The summed E-state index contributed by atoms with van der Waals surface area (Å²) >= 11 is 0. The Morgan fingerprint density at radius 1 is 0.788 bits per heavy atom. The molecule has 3 fully saturated rings. The van der Waals surface area contributed by atoms with Crippen molar-refractivity contribution in [1.29, 1.82) is 0 Å². The van der Waals surface area contributed by atoms with E-state index in [4.69, 9.17) is 4.74 Å². The lowest BCUT2D eigenvalue weighted by Gasteiger charge is -2.49. The predicted molar refractivity (Wildman–Crippen MR) is 187 cm³/mol. The normalized spacial score (nSPS) is 26.5. The molecule has 4 aromatic carbocycles. The fourth-order valence-corrected chi connectivity index (χ4v) is 8.88. The van der Waals surface area contributed by atoms with Gasteiger partial charge in [-0.3, -0.25) is 19.2 Å². The van der Waals surface area contributed by atoms with E-state index in [9.17, 15) is 39.3 Å². The maximum Gasteiger partial charge on any atom is 0.339 e. The molecule has 0 bridgehead atoms. The van der Waals surface area contributed by atoms with Crippen LogP contribution < -0.4 is 14.5 Å². The molecule has 2 aliphatic carbocycles. The van der Waals surface area contributed by atoms with Gasteiger partial charge in [-0.2, -0.15) is 0 Å². The highest BCUT2D eigenvalue weighted by atomic mass is 16.5. The average Bonchev–Trinajstić information content (AvgIpc) is 3.51. The minimum absolute atomic E-state index is 0.0387. The Morgan fingerprint density at radius 2 is 1.50 bits per heavy atom. The number of fused-ring (bicyclic) bond motifs is 4. The molecule has 11 heteroatoms. The first-order valence-electron chi connectivity index (χ1n) is 17.1. The van der Waals surface area contributed by atoms with Crippen molar-refractivity contribution in [2.75, 3.05) is 9.80 Å². The standard InChI is InChI=1S/C41H34N2O9/c1-41-31(37(47)43(40(41)51)23-10-6-3-7-11-23)20-30-26(35(41)27-15-13-25(19-33(27)45)52-21-22-8-4-2-5-9-22)16-17-29-34(30)38(48)42(36(29)46)24-12-14-28(39(49)50)32(44)18-24/h2-16,18-19,29-31,34-35,44-45H,17,20-21H2,1H3,(H,49,50). The van der Waals surface area contributed by atoms with Gasteiger partial charge in [-0.15, -0.1) is 0 Å². The van der Waals surface area contributed by atoms with Crippen molar-refractivity contribution in [3.63, 3.8) is 0 Å². The van der Waals surface area contributed by atoms with Gasteiger partial charge in [0.25, 0.3) is 0 Å². The number of phenolic OH excluding ortho intramolecular Hbond substituents is 1. The number of allylic oxidation sites excluding steroid dienone is 2. The number of carbonyl (C=O) groups excluding carboxylic acids is 4. The lowest BCUT2D eigenvalue weighted by atomic mass is 9.51. The van der Waals surface area contributed by atoms with E-state index in [1.807, 2.05) is 36.4 Å². The summed E-state index contributed by atoms with van der Waals surface area (Å²) in [6, 6.07) is 26.6. The van der Waals surface area contributed by atoms with Crippen molar-refractivity contribution in [3.8, 4) is 17.2 Å². The zero-order chi connectivity index (χ0) is 36.5. The number of carboxylic acids is 1. The van der Waals surface area contributed by atoms with Gasteiger partial charge in [0.05, 0.1) is 34.5 Å². The molecule has 52 heavy (non-hydrogen) atoms. The lowest BCUT2D eigenvalue weighted by Crippen LogP contribution is -2.48. The minimum atomic E-state index is -1.36. The zero-order valence-electron chi connectivity index (χ0n) is 28.0. The van der Waals surface area contributed by atoms with Crippen LogP contribution in [0.3, 0.4) is 0 Å². The molecule has 6 atom stereocenters. The van der Waals surface area contributed by atoms with Gasteiger partial charge in [-0.1, -0.05) is 66.2 Å². The molecular weight excluding hydrogens is 664 g/mol. The number of nitrogens with zero attached hydrogens (tertiary/aromatic N) is 2. The van der Waals surface area contributed by atoms with Crippen LogP contribution in [0.2, 0.25) is 0 Å². The number of aromatic carboxylic acids is 1. The summed E-state index contributed by atoms with van der Waals surface area (Å²) in [5.41, 5.74) is 0.754. The van der Waals surface area contributed by atoms with E-state index in [0.29, 0.717) is 22.6 Å². The highest BCUT2D eigenvalue weighted by Crippen LogP contribution is 2.64. The number of phenols is 2. The Kier molecular flexibility index (Phi) is 7.74. The van der Waals surface area contributed by atoms with E-state index < -0.39 is 70.4 Å². The van der Waals surface area contributed by atoms with Gasteiger partial charge >= 0.3 is 5.97 Å². The minimum Gasteiger partial charge on any atom is -0.508 e. The number of hydrogen-bond donors (Lipinski definition) is 3. The second-order valence-electron chi connectivity index (χ2n) is 14.0. The number of aromatic hydroxyl groups is 2. The molecule has 0 spiro atoms. The van der Waals surface area contributed by atoms with Gasteiger partial charge in [0.1, 0.15) is 29.4 Å². The van der Waals surface area contributed by atoms with E-state index in [2.05, 4.69) is 0 Å². The molecule has 4 aliphatic rings. The highest BCUT2D eigenvalue weighted by molar-refractivity contribution is 6.25. The molecule has 11 nitrogen and oxygen atoms in total. The number of benzene rings is 4. The fourth-order valence-electron chi connectivity index (χ4n) is 8.88. The maximum absolute atomic E-state index is 14.6. The van der Waals surface area contributed by atoms with Crippen molar-refractivity contribution in [2.45, 2.75) is 32.3 Å². The summed E-state index contributed by atoms with van der Waals surface area (Å²) in [6.07, 6.45) is 2.15. The number of imide groups is 2. The molecule has 3 N–H and O–H groups in total. The summed E-state index contributed by atoms with van der Waals surface area (Å²) in [7, 11) is 0. The predicted octanol–water partition coefficient (Wildman–Crippen LogP) is 5.81. The van der Waals surface area contributed by atoms with E-state index in [1.54, 1.807) is 49.4 Å². The van der Waals surface area contributed by atoms with Crippen LogP contribution in [0.5, 0.6) is 17.2 Å². The molecule has 1 saturated carbocycles. The average molecular weight is 699 g/mol. The summed E-state index contributed by atoms with van der Waals surface area (Å²) in [5, 5.41) is 31.4. The van der Waals surface area contributed by atoms with Gasteiger partial charge in [-0.25, -0.2) is 14.6 Å². The second-order valence-corrected chi connectivity index (χ2v) is 14.0. The molecule has 2 saturated heterocycles. The van der Waals surface area contributed by atoms with Gasteiger partial charge < -0.3 is 20.1 Å². The molecule has 8 rings (SSSR count). The molecule has 2 heterocycles. The molecule has 262 valence electrons. The topological polar surface area (TPSA) is 162 Å². The van der Waals surface area contributed by atoms with Gasteiger partial charge in [0, 0.05) is 23.6 Å². The largest absolute Gasteiger partial charge is 0.508 e. The van der Waals surface area contributed by atoms with E-state index in [1.165, 1.54) is 17.0 Å². The monoisotopic (exact) mass is 698 g/mol. The third kappa shape index (κ3) is 4.90.